The first-order chi connectivity index (χ1) is 10.3. The van der Waals surface area contributed by atoms with Crippen LogP contribution in [0.2, 0.25) is 0 Å². The minimum Gasteiger partial charge on any atom is -0.301 e. The van der Waals surface area contributed by atoms with E-state index in [1.54, 1.807) is 0 Å². The molecule has 0 saturated heterocycles. The number of hydrogen-bond donors (Lipinski definition) is 0. The smallest absolute Gasteiger partial charge is 0.0866 e. The lowest BCUT2D eigenvalue weighted by atomic mass is 10.2. The van der Waals surface area contributed by atoms with Gasteiger partial charge in [-0.15, -0.1) is 0 Å². The van der Waals surface area contributed by atoms with Gasteiger partial charge >= 0.3 is 0 Å². The molecule has 112 valence electrons. The third-order valence-electron chi connectivity index (χ3n) is 3.11. The molecule has 0 aliphatic heterocycles. The molecule has 0 aromatic carbocycles. The Labute approximate surface area is 127 Å². The van der Waals surface area contributed by atoms with Crippen molar-refractivity contribution in [3.8, 4) is 24.3 Å². The lowest BCUT2D eigenvalue weighted by Gasteiger charge is -2.21. The van der Waals surface area contributed by atoms with Gasteiger partial charge in [0.25, 0.3) is 0 Å². The molecular weight excluding hydrogens is 264 g/mol. The third-order valence-corrected chi connectivity index (χ3v) is 3.11. The quantitative estimate of drug-likeness (QED) is 0.399. The first-order valence-electron chi connectivity index (χ1n) is 7.21. The molecule has 0 aliphatic rings. The van der Waals surface area contributed by atoms with Gasteiger partial charge in [0.2, 0.25) is 0 Å². The van der Waals surface area contributed by atoms with Gasteiger partial charge in [-0.25, -0.2) is 0 Å². The lowest BCUT2D eigenvalue weighted by Crippen LogP contribution is -2.29. The molecule has 0 rings (SSSR count). The molecule has 0 saturated carbocycles. The van der Waals surface area contributed by atoms with Crippen molar-refractivity contribution in [3.63, 3.8) is 0 Å². The second-order valence-corrected chi connectivity index (χ2v) is 4.71. The van der Waals surface area contributed by atoms with Crippen LogP contribution in [0.15, 0.2) is 0 Å². The van der Waals surface area contributed by atoms with Crippen LogP contribution in [-0.4, -0.2) is 49.1 Å². The van der Waals surface area contributed by atoms with Gasteiger partial charge in [0.15, 0.2) is 0 Å². The second-order valence-electron chi connectivity index (χ2n) is 4.71. The van der Waals surface area contributed by atoms with Crippen LogP contribution in [0.5, 0.6) is 0 Å². The van der Waals surface area contributed by atoms with Gasteiger partial charge < -0.3 is 4.90 Å². The molecule has 0 aromatic rings. The maximum Gasteiger partial charge on any atom is 0.0866 e. The van der Waals surface area contributed by atoms with Crippen molar-refractivity contribution in [2.45, 2.75) is 32.1 Å². The lowest BCUT2D eigenvalue weighted by molar-refractivity contribution is 0.260. The van der Waals surface area contributed by atoms with Crippen molar-refractivity contribution in [1.82, 2.24) is 9.80 Å². The fourth-order valence-electron chi connectivity index (χ4n) is 2.00. The summed E-state index contributed by atoms with van der Waals surface area (Å²) in [5, 5.41) is 34.5. The van der Waals surface area contributed by atoms with Gasteiger partial charge in [-0.05, 0) is 25.9 Å². The standard InChI is InChI=1S/C15H22N6/c16-6-3-12-20(13-4-7-17)10-1-2-11-21(15-9-19)14-5-8-18/h1-5,10-15H2. The van der Waals surface area contributed by atoms with Gasteiger partial charge in [0.05, 0.1) is 30.8 Å². The van der Waals surface area contributed by atoms with Crippen LogP contribution in [0.4, 0.5) is 0 Å². The van der Waals surface area contributed by atoms with Crippen LogP contribution in [0, 0.1) is 45.3 Å². The molecule has 0 unspecified atom stereocenters. The van der Waals surface area contributed by atoms with Crippen LogP contribution < -0.4 is 0 Å². The first kappa shape index (κ1) is 18.9. The van der Waals surface area contributed by atoms with E-state index in [9.17, 15) is 0 Å². The van der Waals surface area contributed by atoms with E-state index in [-0.39, 0.29) is 0 Å². The summed E-state index contributed by atoms with van der Waals surface area (Å²) in [6, 6.07) is 8.45. The van der Waals surface area contributed by atoms with Gasteiger partial charge in [0, 0.05) is 38.9 Å². The van der Waals surface area contributed by atoms with Crippen molar-refractivity contribution < 1.29 is 0 Å². The molecule has 6 nitrogen and oxygen atoms in total. The van der Waals surface area contributed by atoms with Crippen LogP contribution in [0.3, 0.4) is 0 Å². The van der Waals surface area contributed by atoms with E-state index in [0.29, 0.717) is 45.4 Å². The Morgan fingerprint density at radius 3 is 1.38 bits per heavy atom. The Morgan fingerprint density at radius 2 is 0.952 bits per heavy atom. The Kier molecular flexibility index (Phi) is 12.8. The van der Waals surface area contributed by atoms with Crippen molar-refractivity contribution in [2.75, 3.05) is 39.3 Å². The van der Waals surface area contributed by atoms with E-state index in [4.69, 9.17) is 21.0 Å². The summed E-state index contributed by atoms with van der Waals surface area (Å²) in [5.41, 5.74) is 0. The molecule has 21 heavy (non-hydrogen) atoms. The van der Waals surface area contributed by atoms with Gasteiger partial charge in [-0.1, -0.05) is 0 Å². The zero-order chi connectivity index (χ0) is 15.8. The monoisotopic (exact) mass is 286 g/mol. The highest BCUT2D eigenvalue weighted by atomic mass is 15.1. The normalized spacial score (nSPS) is 9.81. The largest absolute Gasteiger partial charge is 0.301 e. The topological polar surface area (TPSA) is 102 Å². The molecule has 0 N–H and O–H groups in total. The van der Waals surface area contributed by atoms with Crippen molar-refractivity contribution in [2.24, 2.45) is 0 Å². The number of unbranched alkanes of at least 4 members (excludes halogenated alkanes) is 1. The number of nitriles is 4. The van der Waals surface area contributed by atoms with E-state index >= 15 is 0 Å². The molecule has 6 heteroatoms. The van der Waals surface area contributed by atoms with Gasteiger partial charge in [0.1, 0.15) is 0 Å². The molecule has 0 atom stereocenters. The Morgan fingerprint density at radius 1 is 0.524 bits per heavy atom. The molecule has 0 spiro atoms. The minimum atomic E-state index is 0.355. The van der Waals surface area contributed by atoms with Gasteiger partial charge in [-0.2, -0.15) is 21.0 Å². The van der Waals surface area contributed by atoms with Crippen LogP contribution in [0.25, 0.3) is 0 Å². The van der Waals surface area contributed by atoms with Crippen LogP contribution in [0.1, 0.15) is 32.1 Å². The maximum atomic E-state index is 8.73. The predicted octanol–water partition coefficient (Wildman–Crippen LogP) is 1.64. The summed E-state index contributed by atoms with van der Waals surface area (Å²) in [4.78, 5) is 4.12. The average Bonchev–Trinajstić information content (AvgIpc) is 2.50. The highest BCUT2D eigenvalue weighted by Gasteiger charge is 2.06. The molecule has 0 aliphatic carbocycles. The van der Waals surface area contributed by atoms with E-state index in [1.807, 2.05) is 4.90 Å². The SMILES string of the molecule is N#CCCN(CC#N)CCCCN(CCC#N)CCC#N. The molecule has 0 heterocycles. The molecular formula is C15H22N6. The predicted molar refractivity (Wildman–Crippen MR) is 78.4 cm³/mol. The number of hydrogen-bond acceptors (Lipinski definition) is 6. The maximum absolute atomic E-state index is 8.73. The highest BCUT2D eigenvalue weighted by Crippen LogP contribution is 2.01. The van der Waals surface area contributed by atoms with Crippen molar-refractivity contribution in [1.29, 1.82) is 21.0 Å². The fraction of sp³-hybridized carbons (Fsp3) is 0.733. The van der Waals surface area contributed by atoms with Crippen molar-refractivity contribution in [3.05, 3.63) is 0 Å². The molecule has 0 fully saturated rings. The first-order valence-corrected chi connectivity index (χ1v) is 7.21. The third kappa shape index (κ3) is 11.4. The van der Waals surface area contributed by atoms with E-state index < -0.39 is 0 Å². The molecule has 0 radical (unpaired) electrons. The number of rotatable bonds is 12. The minimum absolute atomic E-state index is 0.355. The zero-order valence-corrected chi connectivity index (χ0v) is 12.5. The van der Waals surface area contributed by atoms with Gasteiger partial charge in [-0.3, -0.25) is 4.90 Å². The Bertz CT molecular complexity index is 401. The summed E-state index contributed by atoms with van der Waals surface area (Å²) in [6.07, 6.45) is 3.31. The van der Waals surface area contributed by atoms with Crippen LogP contribution in [-0.2, 0) is 0 Å². The van der Waals surface area contributed by atoms with Crippen LogP contribution >= 0.6 is 0 Å². The summed E-state index contributed by atoms with van der Waals surface area (Å²) in [7, 11) is 0. The van der Waals surface area contributed by atoms with E-state index in [2.05, 4.69) is 29.2 Å². The Balaban J connectivity index is 3.95. The fourth-order valence-corrected chi connectivity index (χ4v) is 2.00. The second kappa shape index (κ2) is 14.3. The highest BCUT2D eigenvalue weighted by molar-refractivity contribution is 4.80. The Hall–Kier alpha value is -2.12. The van der Waals surface area contributed by atoms with Crippen molar-refractivity contribution >= 4 is 0 Å². The summed E-state index contributed by atoms with van der Waals surface area (Å²) in [6.45, 7) is 4.07. The molecule has 0 bridgehead atoms. The van der Waals surface area contributed by atoms with E-state index in [1.165, 1.54) is 0 Å². The molecule has 0 amide bonds. The summed E-state index contributed by atoms with van der Waals surface area (Å²) >= 11 is 0. The zero-order valence-electron chi connectivity index (χ0n) is 12.5. The number of nitrogens with zero attached hydrogens (tertiary/aromatic N) is 6. The molecule has 0 aromatic heterocycles. The summed E-state index contributed by atoms with van der Waals surface area (Å²) < 4.78 is 0. The summed E-state index contributed by atoms with van der Waals surface area (Å²) in [5.74, 6) is 0. The van der Waals surface area contributed by atoms with E-state index in [0.717, 1.165) is 25.9 Å². The average molecular weight is 286 g/mol.